The summed E-state index contributed by atoms with van der Waals surface area (Å²) in [7, 11) is 0. The largest absolute Gasteiger partial charge is 0.481 e. The Morgan fingerprint density at radius 2 is 1.93 bits per heavy atom. The van der Waals surface area contributed by atoms with Crippen LogP contribution in [0.4, 0.5) is 5.00 Å². The van der Waals surface area contributed by atoms with E-state index in [0.29, 0.717) is 16.5 Å². The number of carbonyl (C=O) groups is 2. The minimum atomic E-state index is -0.690. The van der Waals surface area contributed by atoms with Gasteiger partial charge in [0.1, 0.15) is 10.8 Å². The van der Waals surface area contributed by atoms with E-state index in [2.05, 4.69) is 19.2 Å². The monoisotopic (exact) mass is 400 g/mol. The number of fused-ring (bicyclic) bond motifs is 1. The van der Waals surface area contributed by atoms with Gasteiger partial charge < -0.3 is 15.8 Å². The van der Waals surface area contributed by atoms with Crippen LogP contribution in [0.15, 0.2) is 24.3 Å². The minimum Gasteiger partial charge on any atom is -0.481 e. The number of benzene rings is 1. The third-order valence-electron chi connectivity index (χ3n) is 5.39. The molecule has 2 amide bonds. The van der Waals surface area contributed by atoms with Crippen molar-refractivity contribution in [2.24, 2.45) is 5.73 Å². The molecule has 0 saturated heterocycles. The van der Waals surface area contributed by atoms with Crippen LogP contribution in [0.3, 0.4) is 0 Å². The number of amides is 2. The average Bonchev–Trinajstić information content (AvgIpc) is 3.05. The van der Waals surface area contributed by atoms with Gasteiger partial charge in [-0.3, -0.25) is 9.59 Å². The molecule has 2 atom stereocenters. The van der Waals surface area contributed by atoms with Crippen molar-refractivity contribution in [1.29, 1.82) is 0 Å². The fraction of sp³-hybridized carbons (Fsp3) is 0.455. The number of para-hydroxylation sites is 1. The molecule has 1 heterocycles. The normalized spacial score (nSPS) is 15.4. The molecule has 0 spiro atoms. The highest BCUT2D eigenvalue weighted by Gasteiger charge is 2.26. The SMILES string of the molecule is CCC(C)c1ccccc1OC(C)C(=O)Nc1sc2c(c1C(N)=O)CCCC2. The molecule has 0 saturated carbocycles. The Morgan fingerprint density at radius 1 is 1.21 bits per heavy atom. The van der Waals surface area contributed by atoms with Gasteiger partial charge in [-0.15, -0.1) is 11.3 Å². The summed E-state index contributed by atoms with van der Waals surface area (Å²) < 4.78 is 5.98. The molecule has 3 rings (SSSR count). The van der Waals surface area contributed by atoms with Crippen molar-refractivity contribution in [2.75, 3.05) is 5.32 Å². The smallest absolute Gasteiger partial charge is 0.265 e. The highest BCUT2D eigenvalue weighted by molar-refractivity contribution is 7.17. The van der Waals surface area contributed by atoms with E-state index >= 15 is 0 Å². The van der Waals surface area contributed by atoms with Crippen molar-refractivity contribution in [1.82, 2.24) is 0 Å². The van der Waals surface area contributed by atoms with Gasteiger partial charge in [0.25, 0.3) is 11.8 Å². The molecule has 6 heteroatoms. The summed E-state index contributed by atoms with van der Waals surface area (Å²) in [6.07, 6.45) is 4.22. The topological polar surface area (TPSA) is 81.4 Å². The summed E-state index contributed by atoms with van der Waals surface area (Å²) in [5.41, 5.74) is 8.19. The van der Waals surface area contributed by atoms with Crippen molar-refractivity contribution in [2.45, 2.75) is 64.9 Å². The van der Waals surface area contributed by atoms with Crippen LogP contribution in [0.25, 0.3) is 0 Å². The van der Waals surface area contributed by atoms with Crippen molar-refractivity contribution in [3.05, 3.63) is 45.8 Å². The van der Waals surface area contributed by atoms with Gasteiger partial charge in [0.15, 0.2) is 6.10 Å². The molecular formula is C22H28N2O3S. The standard InChI is InChI=1S/C22H28N2O3S/c1-4-13(2)15-9-5-7-11-17(15)27-14(3)21(26)24-22-19(20(23)25)16-10-6-8-12-18(16)28-22/h5,7,9,11,13-14H,4,6,8,10,12H2,1-3H3,(H2,23,25)(H,24,26). The number of nitrogens with one attached hydrogen (secondary N) is 1. The molecule has 0 aliphatic heterocycles. The number of hydrogen-bond acceptors (Lipinski definition) is 4. The van der Waals surface area contributed by atoms with Gasteiger partial charge in [-0.2, -0.15) is 0 Å². The molecule has 0 radical (unpaired) electrons. The van der Waals surface area contributed by atoms with Crippen LogP contribution in [0.5, 0.6) is 5.75 Å². The lowest BCUT2D eigenvalue weighted by molar-refractivity contribution is -0.122. The van der Waals surface area contributed by atoms with Crippen LogP contribution >= 0.6 is 11.3 Å². The Balaban J connectivity index is 1.77. The summed E-state index contributed by atoms with van der Waals surface area (Å²) in [5, 5.41) is 3.44. The molecule has 150 valence electrons. The second kappa shape index (κ2) is 8.78. The fourth-order valence-corrected chi connectivity index (χ4v) is 4.88. The first-order valence-corrected chi connectivity index (χ1v) is 10.7. The van der Waals surface area contributed by atoms with E-state index in [4.69, 9.17) is 10.5 Å². The molecule has 3 N–H and O–H groups in total. The number of primary amides is 1. The van der Waals surface area contributed by atoms with Gasteiger partial charge >= 0.3 is 0 Å². The highest BCUT2D eigenvalue weighted by Crippen LogP contribution is 2.38. The van der Waals surface area contributed by atoms with Crippen molar-refractivity contribution >= 4 is 28.2 Å². The van der Waals surface area contributed by atoms with Gasteiger partial charge in [0, 0.05) is 4.88 Å². The number of carbonyl (C=O) groups excluding carboxylic acids is 2. The number of thiophene rings is 1. The third kappa shape index (κ3) is 4.22. The molecule has 5 nitrogen and oxygen atoms in total. The summed E-state index contributed by atoms with van der Waals surface area (Å²) in [4.78, 5) is 25.9. The van der Waals surface area contributed by atoms with Crippen LogP contribution in [0.2, 0.25) is 0 Å². The average molecular weight is 401 g/mol. The first-order valence-electron chi connectivity index (χ1n) is 9.93. The molecule has 1 aliphatic rings. The molecule has 2 aromatic rings. The van der Waals surface area contributed by atoms with Crippen LogP contribution in [0, 0.1) is 0 Å². The van der Waals surface area contributed by atoms with Gasteiger partial charge in [-0.05, 0) is 62.1 Å². The van der Waals surface area contributed by atoms with Gasteiger partial charge in [-0.25, -0.2) is 0 Å². The Morgan fingerprint density at radius 3 is 2.64 bits per heavy atom. The maximum absolute atomic E-state index is 12.8. The molecule has 1 aromatic heterocycles. The quantitative estimate of drug-likeness (QED) is 0.710. The van der Waals surface area contributed by atoms with Gasteiger partial charge in [0.2, 0.25) is 0 Å². The fourth-order valence-electron chi connectivity index (χ4n) is 3.59. The second-order valence-electron chi connectivity index (χ2n) is 7.38. The molecule has 0 bridgehead atoms. The number of anilines is 1. The van der Waals surface area contributed by atoms with E-state index in [1.807, 2.05) is 24.3 Å². The number of nitrogens with two attached hydrogens (primary N) is 1. The molecular weight excluding hydrogens is 372 g/mol. The van der Waals surface area contributed by atoms with E-state index in [9.17, 15) is 9.59 Å². The van der Waals surface area contributed by atoms with Crippen LogP contribution < -0.4 is 15.8 Å². The van der Waals surface area contributed by atoms with Gasteiger partial charge in [0.05, 0.1) is 5.56 Å². The molecule has 1 aliphatic carbocycles. The Bertz CT molecular complexity index is 875. The molecule has 0 fully saturated rings. The van der Waals surface area contributed by atoms with Gasteiger partial charge in [-0.1, -0.05) is 32.0 Å². The summed E-state index contributed by atoms with van der Waals surface area (Å²) in [6.45, 7) is 5.99. The zero-order valence-corrected chi connectivity index (χ0v) is 17.5. The summed E-state index contributed by atoms with van der Waals surface area (Å²) in [5.74, 6) is 0.308. The zero-order valence-electron chi connectivity index (χ0n) is 16.7. The maximum atomic E-state index is 12.8. The molecule has 1 aromatic carbocycles. The second-order valence-corrected chi connectivity index (χ2v) is 8.48. The predicted octanol–water partition coefficient (Wildman–Crippen LogP) is 4.65. The first kappa shape index (κ1) is 20.4. The Hall–Kier alpha value is -2.34. The molecule has 28 heavy (non-hydrogen) atoms. The lowest BCUT2D eigenvalue weighted by Crippen LogP contribution is -2.31. The number of aryl methyl sites for hydroxylation is 1. The van der Waals surface area contributed by atoms with E-state index in [0.717, 1.165) is 53.9 Å². The number of ether oxygens (including phenoxy) is 1. The van der Waals surface area contributed by atoms with Crippen LogP contribution in [-0.4, -0.2) is 17.9 Å². The predicted molar refractivity (Wildman–Crippen MR) is 113 cm³/mol. The third-order valence-corrected chi connectivity index (χ3v) is 6.60. The lowest BCUT2D eigenvalue weighted by atomic mass is 9.95. The summed E-state index contributed by atoms with van der Waals surface area (Å²) >= 11 is 1.47. The first-order chi connectivity index (χ1) is 13.4. The molecule has 2 unspecified atom stereocenters. The van der Waals surface area contributed by atoms with Crippen molar-refractivity contribution < 1.29 is 14.3 Å². The lowest BCUT2D eigenvalue weighted by Gasteiger charge is -2.19. The van der Waals surface area contributed by atoms with Crippen molar-refractivity contribution in [3.63, 3.8) is 0 Å². The highest BCUT2D eigenvalue weighted by atomic mass is 32.1. The minimum absolute atomic E-state index is 0.278. The van der Waals surface area contributed by atoms with Crippen LogP contribution in [-0.2, 0) is 17.6 Å². The zero-order chi connectivity index (χ0) is 20.3. The summed E-state index contributed by atoms with van der Waals surface area (Å²) in [6, 6.07) is 7.81. The Kier molecular flexibility index (Phi) is 6.39. The van der Waals surface area contributed by atoms with Crippen molar-refractivity contribution in [3.8, 4) is 5.75 Å². The van der Waals surface area contributed by atoms with Crippen LogP contribution in [0.1, 0.15) is 72.3 Å². The van der Waals surface area contributed by atoms with E-state index in [1.165, 1.54) is 11.3 Å². The van der Waals surface area contributed by atoms with E-state index < -0.39 is 12.0 Å². The Labute approximate surface area is 170 Å². The van der Waals surface area contributed by atoms with E-state index in [-0.39, 0.29) is 5.91 Å². The number of rotatable bonds is 7. The maximum Gasteiger partial charge on any atom is 0.265 e. The number of hydrogen-bond donors (Lipinski definition) is 2. The van der Waals surface area contributed by atoms with E-state index in [1.54, 1.807) is 6.92 Å².